The molecule has 0 bridgehead atoms. The summed E-state index contributed by atoms with van der Waals surface area (Å²) in [5.41, 5.74) is 1.29. The van der Waals surface area contributed by atoms with Crippen molar-refractivity contribution in [2.45, 2.75) is 19.8 Å². The Morgan fingerprint density at radius 2 is 2.15 bits per heavy atom. The highest BCUT2D eigenvalue weighted by molar-refractivity contribution is 9.10. The van der Waals surface area contributed by atoms with Crippen molar-refractivity contribution in [2.24, 2.45) is 0 Å². The fourth-order valence-corrected chi connectivity index (χ4v) is 2.30. The first-order chi connectivity index (χ1) is 9.58. The van der Waals surface area contributed by atoms with E-state index in [0.29, 0.717) is 21.1 Å². The summed E-state index contributed by atoms with van der Waals surface area (Å²) in [7, 11) is 0. The van der Waals surface area contributed by atoms with Gasteiger partial charge in [0.15, 0.2) is 0 Å². The lowest BCUT2D eigenvalue weighted by molar-refractivity contribution is 0.102. The molecule has 2 aromatic heterocycles. The van der Waals surface area contributed by atoms with Crippen LogP contribution in [0, 0.1) is 0 Å². The number of aryl methyl sites for hydroxylation is 1. The number of amides is 1. The summed E-state index contributed by atoms with van der Waals surface area (Å²) in [5.74, 6) is 0.228. The van der Waals surface area contributed by atoms with Gasteiger partial charge in [-0.3, -0.25) is 4.79 Å². The minimum Gasteiger partial charge on any atom is -0.307 e. The van der Waals surface area contributed by atoms with E-state index in [1.165, 1.54) is 0 Å². The molecule has 0 spiro atoms. The molecule has 1 amide bonds. The second-order valence-electron chi connectivity index (χ2n) is 4.22. The fourth-order valence-electron chi connectivity index (χ4n) is 1.73. The number of halogens is 2. The van der Waals surface area contributed by atoms with Crippen molar-refractivity contribution in [2.75, 3.05) is 5.32 Å². The fraction of sp³-hybridized carbons (Fsp3) is 0.214. The van der Waals surface area contributed by atoms with Gasteiger partial charge in [0.1, 0.15) is 15.6 Å². The van der Waals surface area contributed by atoms with Gasteiger partial charge in [-0.2, -0.15) is 0 Å². The summed E-state index contributed by atoms with van der Waals surface area (Å²) in [4.78, 5) is 20.5. The maximum absolute atomic E-state index is 12.2. The van der Waals surface area contributed by atoms with Gasteiger partial charge in [0.25, 0.3) is 5.91 Å². The molecular weight excluding hydrogens is 342 g/mol. The molecule has 0 saturated heterocycles. The Bertz CT molecular complexity index is 634. The van der Waals surface area contributed by atoms with Crippen LogP contribution in [0.4, 0.5) is 5.82 Å². The first-order valence-corrected chi connectivity index (χ1v) is 7.36. The van der Waals surface area contributed by atoms with E-state index < -0.39 is 0 Å². The zero-order valence-electron chi connectivity index (χ0n) is 10.9. The van der Waals surface area contributed by atoms with Crippen molar-refractivity contribution in [1.29, 1.82) is 0 Å². The molecule has 0 aliphatic heterocycles. The SMILES string of the molecule is CCCc1cc(C(=O)Nc2cccc(Br)n2)cc(Cl)n1. The number of nitrogens with zero attached hydrogens (tertiary/aromatic N) is 2. The van der Waals surface area contributed by atoms with E-state index in [2.05, 4.69) is 31.2 Å². The molecular formula is C14H13BrClN3O. The van der Waals surface area contributed by atoms with Crippen LogP contribution in [0.3, 0.4) is 0 Å². The van der Waals surface area contributed by atoms with Crippen molar-refractivity contribution in [3.63, 3.8) is 0 Å². The highest BCUT2D eigenvalue weighted by atomic mass is 79.9. The molecule has 2 heterocycles. The van der Waals surface area contributed by atoms with Crippen LogP contribution in [-0.4, -0.2) is 15.9 Å². The molecule has 0 atom stereocenters. The molecule has 0 fully saturated rings. The minimum absolute atomic E-state index is 0.253. The lowest BCUT2D eigenvalue weighted by Crippen LogP contribution is -2.13. The lowest BCUT2D eigenvalue weighted by Gasteiger charge is -2.07. The predicted octanol–water partition coefficient (Wildman–Crippen LogP) is 4.10. The number of aromatic nitrogens is 2. The van der Waals surface area contributed by atoms with E-state index in [0.717, 1.165) is 18.5 Å². The maximum atomic E-state index is 12.2. The number of carbonyl (C=O) groups is 1. The third-order valence-electron chi connectivity index (χ3n) is 2.57. The van der Waals surface area contributed by atoms with Crippen molar-refractivity contribution in [3.05, 3.63) is 51.3 Å². The van der Waals surface area contributed by atoms with Crippen LogP contribution >= 0.6 is 27.5 Å². The van der Waals surface area contributed by atoms with Gasteiger partial charge in [-0.1, -0.05) is 31.0 Å². The molecule has 104 valence electrons. The molecule has 2 rings (SSSR count). The number of carbonyl (C=O) groups excluding carboxylic acids is 1. The zero-order chi connectivity index (χ0) is 14.5. The molecule has 0 radical (unpaired) electrons. The Morgan fingerprint density at radius 1 is 1.35 bits per heavy atom. The van der Waals surface area contributed by atoms with E-state index in [9.17, 15) is 4.79 Å². The molecule has 6 heteroatoms. The molecule has 0 saturated carbocycles. The van der Waals surface area contributed by atoms with Crippen molar-refractivity contribution < 1.29 is 4.79 Å². The number of rotatable bonds is 4. The summed E-state index contributed by atoms with van der Waals surface area (Å²) in [6, 6.07) is 8.61. The molecule has 20 heavy (non-hydrogen) atoms. The van der Waals surface area contributed by atoms with Gasteiger partial charge in [0.2, 0.25) is 0 Å². The van der Waals surface area contributed by atoms with Crippen LogP contribution in [0.1, 0.15) is 29.4 Å². The summed E-state index contributed by atoms with van der Waals surface area (Å²) in [5, 5.41) is 3.05. The van der Waals surface area contributed by atoms with Crippen molar-refractivity contribution in [1.82, 2.24) is 9.97 Å². The monoisotopic (exact) mass is 353 g/mol. The molecule has 0 aliphatic carbocycles. The second kappa shape index (κ2) is 6.81. The van der Waals surface area contributed by atoms with Gasteiger partial charge in [0, 0.05) is 11.3 Å². The van der Waals surface area contributed by atoms with Crippen LogP contribution < -0.4 is 5.32 Å². The Kier molecular flexibility index (Phi) is 5.09. The van der Waals surface area contributed by atoms with Crippen molar-refractivity contribution >= 4 is 39.3 Å². The highest BCUT2D eigenvalue weighted by Crippen LogP contribution is 2.15. The van der Waals surface area contributed by atoms with Gasteiger partial charge in [0.05, 0.1) is 0 Å². The van der Waals surface area contributed by atoms with Gasteiger partial charge in [-0.15, -0.1) is 0 Å². The second-order valence-corrected chi connectivity index (χ2v) is 5.42. The standard InChI is InChI=1S/C14H13BrClN3O/c1-2-4-10-7-9(8-12(16)17-10)14(20)19-13-6-3-5-11(15)18-13/h3,5-8H,2,4H2,1H3,(H,18,19,20). The maximum Gasteiger partial charge on any atom is 0.256 e. The molecule has 2 aromatic rings. The molecule has 0 unspecified atom stereocenters. The number of pyridine rings is 2. The van der Waals surface area contributed by atoms with Gasteiger partial charge in [-0.05, 0) is 46.6 Å². The van der Waals surface area contributed by atoms with Crippen LogP contribution in [0.2, 0.25) is 5.15 Å². The first-order valence-electron chi connectivity index (χ1n) is 6.19. The van der Waals surface area contributed by atoms with Crippen LogP contribution in [-0.2, 0) is 6.42 Å². The summed E-state index contributed by atoms with van der Waals surface area (Å²) >= 11 is 9.20. The normalized spacial score (nSPS) is 10.3. The number of hydrogen-bond acceptors (Lipinski definition) is 3. The van der Waals surface area contributed by atoms with E-state index in [1.54, 1.807) is 30.3 Å². The Labute approximate surface area is 130 Å². The molecule has 1 N–H and O–H groups in total. The van der Waals surface area contributed by atoms with E-state index in [4.69, 9.17) is 11.6 Å². The van der Waals surface area contributed by atoms with Gasteiger partial charge in [-0.25, -0.2) is 9.97 Å². The van der Waals surface area contributed by atoms with Crippen LogP contribution in [0.15, 0.2) is 34.9 Å². The molecule has 0 aromatic carbocycles. The number of anilines is 1. The van der Waals surface area contributed by atoms with Gasteiger partial charge >= 0.3 is 0 Å². The van der Waals surface area contributed by atoms with E-state index in [-0.39, 0.29) is 5.91 Å². The minimum atomic E-state index is -0.253. The number of hydrogen-bond donors (Lipinski definition) is 1. The molecule has 0 aliphatic rings. The third kappa shape index (κ3) is 4.02. The van der Waals surface area contributed by atoms with Crippen molar-refractivity contribution in [3.8, 4) is 0 Å². The quantitative estimate of drug-likeness (QED) is 0.841. The summed E-state index contributed by atoms with van der Waals surface area (Å²) < 4.78 is 0.662. The van der Waals surface area contributed by atoms with E-state index >= 15 is 0 Å². The smallest absolute Gasteiger partial charge is 0.256 e. The largest absolute Gasteiger partial charge is 0.307 e. The Morgan fingerprint density at radius 3 is 2.85 bits per heavy atom. The Balaban J connectivity index is 2.20. The Hall–Kier alpha value is -1.46. The average Bonchev–Trinajstić information content (AvgIpc) is 2.38. The average molecular weight is 355 g/mol. The molecule has 4 nitrogen and oxygen atoms in total. The first kappa shape index (κ1) is 14.9. The lowest BCUT2D eigenvalue weighted by atomic mass is 10.1. The van der Waals surface area contributed by atoms with Crippen LogP contribution in [0.5, 0.6) is 0 Å². The van der Waals surface area contributed by atoms with E-state index in [1.807, 2.05) is 6.92 Å². The summed E-state index contributed by atoms with van der Waals surface area (Å²) in [6.07, 6.45) is 1.73. The van der Waals surface area contributed by atoms with Gasteiger partial charge < -0.3 is 5.32 Å². The number of nitrogens with one attached hydrogen (secondary N) is 1. The third-order valence-corrected chi connectivity index (χ3v) is 3.21. The van der Waals surface area contributed by atoms with Crippen LogP contribution in [0.25, 0.3) is 0 Å². The highest BCUT2D eigenvalue weighted by Gasteiger charge is 2.10. The topological polar surface area (TPSA) is 54.9 Å². The summed E-state index contributed by atoms with van der Waals surface area (Å²) in [6.45, 7) is 2.05. The zero-order valence-corrected chi connectivity index (χ0v) is 13.2. The predicted molar refractivity (Wildman–Crippen MR) is 83.1 cm³/mol.